The second kappa shape index (κ2) is 24.3. The van der Waals surface area contributed by atoms with Crippen molar-refractivity contribution < 1.29 is 36.0 Å². The Morgan fingerprint density at radius 2 is 0.907 bits per heavy atom. The highest BCUT2D eigenvalue weighted by molar-refractivity contribution is 9.09. The van der Waals surface area contributed by atoms with E-state index >= 15 is 0 Å². The number of carbonyl (C=O) groups excluding carboxylic acids is 2. The molecule has 3 aromatic carbocycles. The van der Waals surface area contributed by atoms with E-state index in [1.54, 1.807) is 0 Å². The molecule has 0 unspecified atom stereocenters. The van der Waals surface area contributed by atoms with Gasteiger partial charge in [0.15, 0.2) is 0 Å². The number of hydrogen-bond donors (Lipinski definition) is 0. The molecule has 0 heterocycles. The first-order chi connectivity index (χ1) is 20.6. The summed E-state index contributed by atoms with van der Waals surface area (Å²) in [5.41, 5.74) is 0. The summed E-state index contributed by atoms with van der Waals surface area (Å²) in [7, 11) is -1.72. The largest absolute Gasteiger partial charge is 1.00 e. The average Bonchev–Trinajstić information content (AvgIpc) is 3.03. The fourth-order valence-corrected chi connectivity index (χ4v) is 9.84. The normalized spacial score (nSPS) is 10.6. The molecule has 0 radical (unpaired) electrons. The number of rotatable bonds is 18. The third-order valence-electron chi connectivity index (χ3n) is 7.09. The molecular weight excluding hydrogens is 687 g/mol. The molecule has 236 valence electrons. The van der Waals surface area contributed by atoms with Gasteiger partial charge in [0.1, 0.15) is 23.2 Å². The van der Waals surface area contributed by atoms with Crippen LogP contribution in [0.3, 0.4) is 0 Å². The SMILES string of the molecule is CCOC(=O)CCCCCCBr.CCOC(=O)CCCCCC[P+](c1ccccc1)(c1ccccc1)c1ccccc1.[Br-]. The van der Waals surface area contributed by atoms with Crippen LogP contribution in [0.1, 0.15) is 78.1 Å². The molecule has 3 aromatic rings. The summed E-state index contributed by atoms with van der Waals surface area (Å²) in [6, 6.07) is 33.1. The second-order valence-corrected chi connectivity index (χ2v) is 14.6. The minimum Gasteiger partial charge on any atom is -1.00 e. The molecule has 7 heteroatoms. The summed E-state index contributed by atoms with van der Waals surface area (Å²) in [6.07, 6.45) is 11.0. The molecule has 0 saturated heterocycles. The number of hydrogen-bond acceptors (Lipinski definition) is 4. The number of halogens is 2. The zero-order chi connectivity index (χ0) is 30.3. The van der Waals surface area contributed by atoms with E-state index in [1.807, 2.05) is 13.8 Å². The van der Waals surface area contributed by atoms with Crippen molar-refractivity contribution in [2.45, 2.75) is 78.1 Å². The van der Waals surface area contributed by atoms with Crippen LogP contribution in [0.15, 0.2) is 91.0 Å². The van der Waals surface area contributed by atoms with Gasteiger partial charge in [-0.05, 0) is 82.3 Å². The highest BCUT2D eigenvalue weighted by Gasteiger charge is 2.44. The van der Waals surface area contributed by atoms with Crippen LogP contribution >= 0.6 is 23.2 Å². The lowest BCUT2D eigenvalue weighted by atomic mass is 10.1. The van der Waals surface area contributed by atoms with E-state index in [2.05, 4.69) is 107 Å². The standard InChI is InChI=1S/C27H32O2P.C9H17BrO2.BrH/c1-2-29-27(28)22-14-3-4-15-23-30(24-16-8-5-9-17-24,25-18-10-6-11-19-25)26-20-12-7-13-21-26;1-2-12-9(11)7-5-3-4-6-8-10;/h5-13,16-21H,2-4,14-15,22-23H2,1H3;2-8H2,1H3;1H/q+1;;/p-1. The van der Waals surface area contributed by atoms with Gasteiger partial charge in [0.2, 0.25) is 0 Å². The Morgan fingerprint density at radius 3 is 1.26 bits per heavy atom. The monoisotopic (exact) mass is 734 g/mol. The summed E-state index contributed by atoms with van der Waals surface area (Å²) < 4.78 is 9.84. The molecule has 0 atom stereocenters. The van der Waals surface area contributed by atoms with Crippen molar-refractivity contribution in [1.82, 2.24) is 0 Å². The van der Waals surface area contributed by atoms with Crippen LogP contribution in [0, 0.1) is 0 Å². The molecule has 0 bridgehead atoms. The fourth-order valence-electron chi connectivity index (χ4n) is 5.04. The summed E-state index contributed by atoms with van der Waals surface area (Å²) in [5.74, 6) is -0.131. The Balaban J connectivity index is 0.000000606. The summed E-state index contributed by atoms with van der Waals surface area (Å²) in [5, 5.41) is 5.38. The fraction of sp³-hybridized carbons (Fsp3) is 0.444. The molecule has 4 nitrogen and oxygen atoms in total. The van der Waals surface area contributed by atoms with E-state index in [0.29, 0.717) is 26.1 Å². The van der Waals surface area contributed by atoms with Crippen molar-refractivity contribution in [1.29, 1.82) is 0 Å². The van der Waals surface area contributed by atoms with E-state index in [4.69, 9.17) is 9.47 Å². The maximum Gasteiger partial charge on any atom is 0.305 e. The Bertz CT molecular complexity index is 1020. The van der Waals surface area contributed by atoms with E-state index < -0.39 is 7.26 Å². The summed E-state index contributed by atoms with van der Waals surface area (Å²) >= 11 is 3.36. The number of ether oxygens (including phenoxy) is 2. The smallest absolute Gasteiger partial charge is 0.305 e. The maximum absolute atomic E-state index is 11.6. The van der Waals surface area contributed by atoms with Gasteiger partial charge in [-0.3, -0.25) is 9.59 Å². The van der Waals surface area contributed by atoms with Gasteiger partial charge in [-0.25, -0.2) is 0 Å². The Morgan fingerprint density at radius 1 is 0.558 bits per heavy atom. The molecule has 3 rings (SSSR count). The lowest BCUT2D eigenvalue weighted by Gasteiger charge is -2.27. The maximum atomic E-state index is 11.6. The van der Waals surface area contributed by atoms with Gasteiger partial charge in [0, 0.05) is 18.2 Å². The van der Waals surface area contributed by atoms with Gasteiger partial charge in [-0.2, -0.15) is 0 Å². The van der Waals surface area contributed by atoms with Gasteiger partial charge < -0.3 is 26.5 Å². The predicted octanol–water partition coefficient (Wildman–Crippen LogP) is 5.39. The molecule has 0 aliphatic heterocycles. The number of alkyl halides is 1. The van der Waals surface area contributed by atoms with Crippen LogP contribution in [0.2, 0.25) is 0 Å². The van der Waals surface area contributed by atoms with Crippen LogP contribution in [0.25, 0.3) is 0 Å². The number of benzene rings is 3. The number of esters is 2. The van der Waals surface area contributed by atoms with Crippen LogP contribution in [0.4, 0.5) is 0 Å². The van der Waals surface area contributed by atoms with Gasteiger partial charge in [-0.15, -0.1) is 0 Å². The lowest BCUT2D eigenvalue weighted by molar-refractivity contribution is -0.144. The number of carbonyl (C=O) groups is 2. The second-order valence-electron chi connectivity index (χ2n) is 10.2. The highest BCUT2D eigenvalue weighted by atomic mass is 79.9. The third kappa shape index (κ3) is 14.5. The van der Waals surface area contributed by atoms with Crippen molar-refractivity contribution >= 4 is 51.0 Å². The average molecular weight is 737 g/mol. The van der Waals surface area contributed by atoms with Gasteiger partial charge in [-0.1, -0.05) is 89.8 Å². The summed E-state index contributed by atoms with van der Waals surface area (Å²) in [6.45, 7) is 4.66. The van der Waals surface area contributed by atoms with Crippen molar-refractivity contribution in [2.24, 2.45) is 0 Å². The van der Waals surface area contributed by atoms with E-state index in [0.717, 1.165) is 50.0 Å². The molecule has 0 spiro atoms. The van der Waals surface area contributed by atoms with Gasteiger partial charge >= 0.3 is 11.9 Å². The summed E-state index contributed by atoms with van der Waals surface area (Å²) in [4.78, 5) is 22.4. The van der Waals surface area contributed by atoms with Crippen molar-refractivity contribution in [3.63, 3.8) is 0 Å². The molecule has 0 amide bonds. The first-order valence-corrected chi connectivity index (χ1v) is 18.6. The van der Waals surface area contributed by atoms with Crippen LogP contribution in [0.5, 0.6) is 0 Å². The quantitative estimate of drug-likeness (QED) is 0.0762. The lowest BCUT2D eigenvalue weighted by Crippen LogP contribution is -3.00. The molecule has 0 aromatic heterocycles. The van der Waals surface area contributed by atoms with Crippen molar-refractivity contribution in [2.75, 3.05) is 24.7 Å². The van der Waals surface area contributed by atoms with E-state index in [-0.39, 0.29) is 28.9 Å². The van der Waals surface area contributed by atoms with Gasteiger partial charge in [0.25, 0.3) is 0 Å². The Labute approximate surface area is 279 Å². The number of unbranched alkanes of at least 4 members (excludes halogenated alkanes) is 6. The first-order valence-electron chi connectivity index (χ1n) is 15.5. The van der Waals surface area contributed by atoms with Crippen molar-refractivity contribution in [3.05, 3.63) is 91.0 Å². The van der Waals surface area contributed by atoms with Crippen LogP contribution in [-0.2, 0) is 19.1 Å². The molecule has 0 fully saturated rings. The minimum atomic E-state index is -1.72. The van der Waals surface area contributed by atoms with Crippen molar-refractivity contribution in [3.8, 4) is 0 Å². The zero-order valence-corrected chi connectivity index (χ0v) is 30.0. The minimum absolute atomic E-state index is 0. The molecule has 0 N–H and O–H groups in total. The molecule has 0 saturated carbocycles. The van der Waals surface area contributed by atoms with Crippen LogP contribution in [-0.4, -0.2) is 36.6 Å². The Kier molecular flexibility index (Phi) is 22.1. The molecule has 0 aliphatic carbocycles. The predicted molar refractivity (Wildman–Crippen MR) is 183 cm³/mol. The van der Waals surface area contributed by atoms with E-state index in [9.17, 15) is 9.59 Å². The molecule has 0 aliphatic rings. The molecule has 43 heavy (non-hydrogen) atoms. The zero-order valence-electron chi connectivity index (χ0n) is 25.9. The highest BCUT2D eigenvalue weighted by Crippen LogP contribution is 2.56. The van der Waals surface area contributed by atoms with E-state index in [1.165, 1.54) is 28.8 Å². The topological polar surface area (TPSA) is 52.6 Å². The van der Waals surface area contributed by atoms with Crippen LogP contribution < -0.4 is 32.9 Å². The third-order valence-corrected chi connectivity index (χ3v) is 12.2. The first kappa shape index (κ1) is 39.0. The Hall–Kier alpha value is -2.01. The van der Waals surface area contributed by atoms with Gasteiger partial charge in [0.05, 0.1) is 19.4 Å². The molecular formula is C36H49Br2O4P.